The summed E-state index contributed by atoms with van der Waals surface area (Å²) in [6.45, 7) is -0.0317. The first-order chi connectivity index (χ1) is 12.0. The number of likely N-dealkylation sites (N-methyl/N-ethyl adjacent to an activating group) is 1. The summed E-state index contributed by atoms with van der Waals surface area (Å²) in [5.74, 6) is 1.05. The highest BCUT2D eigenvalue weighted by Gasteiger charge is 2.06. The smallest absolute Gasteiger partial charge is 0.259 e. The van der Waals surface area contributed by atoms with Crippen LogP contribution < -0.4 is 9.47 Å². The highest BCUT2D eigenvalue weighted by Crippen LogP contribution is 2.16. The number of hydrogen-bond acceptors (Lipinski definition) is 4. The number of benzene rings is 2. The van der Waals surface area contributed by atoms with Crippen LogP contribution in [0.15, 0.2) is 54.6 Å². The number of nitrogens with zero attached hydrogens (tertiary/aromatic N) is 1. The van der Waals surface area contributed by atoms with Crippen LogP contribution >= 0.6 is 0 Å². The number of ether oxygens (including phenoxy) is 2. The average Bonchev–Trinajstić information content (AvgIpc) is 2.64. The lowest BCUT2D eigenvalue weighted by atomic mass is 10.1. The van der Waals surface area contributed by atoms with Gasteiger partial charge in [0.25, 0.3) is 5.91 Å². The van der Waals surface area contributed by atoms with Gasteiger partial charge in [0.05, 0.1) is 7.11 Å². The summed E-state index contributed by atoms with van der Waals surface area (Å²) in [4.78, 5) is 25.2. The average molecular weight is 339 g/mol. The summed E-state index contributed by atoms with van der Waals surface area (Å²) >= 11 is 0. The van der Waals surface area contributed by atoms with Gasteiger partial charge in [-0.2, -0.15) is 0 Å². The van der Waals surface area contributed by atoms with Gasteiger partial charge in [0.1, 0.15) is 11.5 Å². The fourth-order valence-electron chi connectivity index (χ4n) is 2.00. The Balaban J connectivity index is 1.97. The molecule has 0 radical (unpaired) electrons. The van der Waals surface area contributed by atoms with Crippen LogP contribution in [-0.4, -0.2) is 44.4 Å². The lowest BCUT2D eigenvalue weighted by molar-refractivity contribution is -0.130. The van der Waals surface area contributed by atoms with Crippen LogP contribution in [0.2, 0.25) is 0 Å². The fourth-order valence-corrected chi connectivity index (χ4v) is 2.00. The van der Waals surface area contributed by atoms with Crippen molar-refractivity contribution in [3.8, 4) is 11.5 Å². The van der Waals surface area contributed by atoms with Gasteiger partial charge in [0.2, 0.25) is 0 Å². The second-order valence-electron chi connectivity index (χ2n) is 5.58. The molecule has 0 N–H and O–H groups in total. The van der Waals surface area contributed by atoms with Crippen molar-refractivity contribution in [2.24, 2.45) is 0 Å². The molecule has 0 aliphatic rings. The van der Waals surface area contributed by atoms with Gasteiger partial charge in [-0.15, -0.1) is 0 Å². The molecular weight excluding hydrogens is 318 g/mol. The van der Waals surface area contributed by atoms with Crippen molar-refractivity contribution in [1.29, 1.82) is 0 Å². The second kappa shape index (κ2) is 8.68. The molecule has 5 nitrogen and oxygen atoms in total. The maximum atomic E-state index is 12.2. The van der Waals surface area contributed by atoms with E-state index in [1.165, 1.54) is 11.0 Å². The van der Waals surface area contributed by atoms with E-state index in [4.69, 9.17) is 9.47 Å². The number of methoxy groups -OCH3 is 1. The SMILES string of the molecule is COc1cccc(C=CC(=O)c2ccc(OCC(=O)N(C)C)cc2)c1. The Morgan fingerprint density at radius 2 is 1.76 bits per heavy atom. The Labute approximate surface area is 147 Å². The molecule has 2 aromatic rings. The fraction of sp³-hybridized carbons (Fsp3) is 0.200. The number of carbonyl (C=O) groups is 2. The number of hydrogen-bond donors (Lipinski definition) is 0. The molecule has 1 amide bonds. The third-order valence-electron chi connectivity index (χ3n) is 3.52. The highest BCUT2D eigenvalue weighted by atomic mass is 16.5. The van der Waals surface area contributed by atoms with Crippen LogP contribution in [0.3, 0.4) is 0 Å². The Morgan fingerprint density at radius 3 is 2.40 bits per heavy atom. The van der Waals surface area contributed by atoms with Crippen molar-refractivity contribution in [1.82, 2.24) is 4.90 Å². The molecular formula is C20H21NO4. The van der Waals surface area contributed by atoms with Gasteiger partial charge in [-0.25, -0.2) is 0 Å². The van der Waals surface area contributed by atoms with Gasteiger partial charge < -0.3 is 14.4 Å². The molecule has 130 valence electrons. The minimum atomic E-state index is -0.124. The van der Waals surface area contributed by atoms with Crippen LogP contribution in [0.5, 0.6) is 11.5 Å². The van der Waals surface area contributed by atoms with Crippen molar-refractivity contribution in [3.05, 3.63) is 65.7 Å². The Morgan fingerprint density at radius 1 is 1.04 bits per heavy atom. The monoisotopic (exact) mass is 339 g/mol. The normalized spacial score (nSPS) is 10.5. The van der Waals surface area contributed by atoms with E-state index < -0.39 is 0 Å². The molecule has 0 bridgehead atoms. The van der Waals surface area contributed by atoms with Crippen LogP contribution in [0.1, 0.15) is 15.9 Å². The van der Waals surface area contributed by atoms with Gasteiger partial charge in [-0.1, -0.05) is 18.2 Å². The van der Waals surface area contributed by atoms with E-state index in [0.717, 1.165) is 11.3 Å². The molecule has 5 heteroatoms. The van der Waals surface area contributed by atoms with Crippen LogP contribution in [0.4, 0.5) is 0 Å². The molecule has 2 aromatic carbocycles. The summed E-state index contributed by atoms with van der Waals surface area (Å²) in [6.07, 6.45) is 3.26. The second-order valence-corrected chi connectivity index (χ2v) is 5.58. The molecule has 0 heterocycles. The predicted octanol–water partition coefficient (Wildman–Crippen LogP) is 3.06. The minimum Gasteiger partial charge on any atom is -0.497 e. The summed E-state index contributed by atoms with van der Waals surface area (Å²) in [6, 6.07) is 14.2. The molecule has 0 unspecified atom stereocenters. The van der Waals surface area contributed by atoms with E-state index in [2.05, 4.69) is 0 Å². The molecule has 0 aliphatic heterocycles. The number of amides is 1. The lowest BCUT2D eigenvalue weighted by Crippen LogP contribution is -2.27. The van der Waals surface area contributed by atoms with Gasteiger partial charge in [0, 0.05) is 19.7 Å². The largest absolute Gasteiger partial charge is 0.497 e. The Hall–Kier alpha value is -3.08. The first-order valence-corrected chi connectivity index (χ1v) is 7.79. The number of rotatable bonds is 7. The van der Waals surface area contributed by atoms with Crippen molar-refractivity contribution in [3.63, 3.8) is 0 Å². The van der Waals surface area contributed by atoms with Crippen molar-refractivity contribution in [2.45, 2.75) is 0 Å². The van der Waals surface area contributed by atoms with Crippen molar-refractivity contribution >= 4 is 17.8 Å². The van der Waals surface area contributed by atoms with Gasteiger partial charge in [-0.05, 0) is 48.0 Å². The lowest BCUT2D eigenvalue weighted by Gasteiger charge is -2.11. The molecule has 2 rings (SSSR count). The van der Waals surface area contributed by atoms with E-state index in [9.17, 15) is 9.59 Å². The van der Waals surface area contributed by atoms with E-state index in [1.807, 2.05) is 24.3 Å². The summed E-state index contributed by atoms with van der Waals surface area (Å²) in [5, 5.41) is 0. The zero-order valence-corrected chi connectivity index (χ0v) is 14.6. The summed E-state index contributed by atoms with van der Waals surface area (Å²) in [5.41, 5.74) is 1.43. The van der Waals surface area contributed by atoms with E-state index in [1.54, 1.807) is 51.5 Å². The number of carbonyl (C=O) groups excluding carboxylic acids is 2. The summed E-state index contributed by atoms with van der Waals surface area (Å²) in [7, 11) is 4.94. The van der Waals surface area contributed by atoms with Crippen molar-refractivity contribution in [2.75, 3.05) is 27.8 Å². The van der Waals surface area contributed by atoms with Crippen molar-refractivity contribution < 1.29 is 19.1 Å². The van der Waals surface area contributed by atoms with Gasteiger partial charge in [0.15, 0.2) is 12.4 Å². The first kappa shape index (κ1) is 18.3. The van der Waals surface area contributed by atoms with E-state index in [0.29, 0.717) is 11.3 Å². The molecule has 0 saturated heterocycles. The van der Waals surface area contributed by atoms with E-state index >= 15 is 0 Å². The molecule has 0 aromatic heterocycles. The molecule has 0 spiro atoms. The molecule has 0 atom stereocenters. The van der Waals surface area contributed by atoms with Gasteiger partial charge >= 0.3 is 0 Å². The zero-order chi connectivity index (χ0) is 18.2. The third-order valence-corrected chi connectivity index (χ3v) is 3.52. The predicted molar refractivity (Wildman–Crippen MR) is 97.0 cm³/mol. The standard InChI is InChI=1S/C20H21NO4/c1-21(2)20(23)14-25-17-10-8-16(9-11-17)19(22)12-7-15-5-4-6-18(13-15)24-3/h4-13H,14H2,1-3H3. The molecule has 0 aliphatic carbocycles. The summed E-state index contributed by atoms with van der Waals surface area (Å²) < 4.78 is 10.5. The number of ketones is 1. The van der Waals surface area contributed by atoms with E-state index in [-0.39, 0.29) is 18.3 Å². The molecule has 0 fully saturated rings. The van der Waals surface area contributed by atoms with Crippen LogP contribution in [-0.2, 0) is 4.79 Å². The molecule has 25 heavy (non-hydrogen) atoms. The first-order valence-electron chi connectivity index (χ1n) is 7.79. The zero-order valence-electron chi connectivity index (χ0n) is 14.6. The minimum absolute atomic E-state index is 0.0317. The third kappa shape index (κ3) is 5.49. The maximum absolute atomic E-state index is 12.2. The topological polar surface area (TPSA) is 55.8 Å². The quantitative estimate of drug-likeness (QED) is 0.575. The molecule has 0 saturated carbocycles. The Bertz CT molecular complexity index is 764. The Kier molecular flexibility index (Phi) is 6.34. The number of allylic oxidation sites excluding steroid dienone is 1. The highest BCUT2D eigenvalue weighted by molar-refractivity contribution is 6.06. The van der Waals surface area contributed by atoms with Gasteiger partial charge in [-0.3, -0.25) is 9.59 Å². The van der Waals surface area contributed by atoms with Crippen LogP contribution in [0, 0.1) is 0 Å². The van der Waals surface area contributed by atoms with Crippen LogP contribution in [0.25, 0.3) is 6.08 Å². The maximum Gasteiger partial charge on any atom is 0.259 e.